The van der Waals surface area contributed by atoms with Crippen LogP contribution in [0, 0.1) is 0 Å². The third-order valence-corrected chi connectivity index (χ3v) is 4.81. The number of hydrogen-bond acceptors (Lipinski definition) is 4. The van der Waals surface area contributed by atoms with Gasteiger partial charge in [-0.3, -0.25) is 9.89 Å². The average molecular weight is 379 g/mol. The quantitative estimate of drug-likeness (QED) is 0.433. The molecule has 0 amide bonds. The molecule has 140 valence electrons. The van der Waals surface area contributed by atoms with Gasteiger partial charge in [0.25, 0.3) is 0 Å². The van der Waals surface area contributed by atoms with Crippen molar-refractivity contribution in [2.75, 3.05) is 5.32 Å². The van der Waals surface area contributed by atoms with Crippen molar-refractivity contribution in [3.63, 3.8) is 0 Å². The van der Waals surface area contributed by atoms with Crippen molar-refractivity contribution in [1.82, 2.24) is 19.7 Å². The predicted molar refractivity (Wildman–Crippen MR) is 113 cm³/mol. The van der Waals surface area contributed by atoms with E-state index in [0.717, 1.165) is 28.0 Å². The molecule has 2 heterocycles. The number of carbonyl (C=O) groups is 1. The first-order valence-corrected chi connectivity index (χ1v) is 9.22. The van der Waals surface area contributed by atoms with Gasteiger partial charge in [-0.15, -0.1) is 0 Å². The monoisotopic (exact) mass is 379 g/mol. The van der Waals surface area contributed by atoms with E-state index in [0.29, 0.717) is 11.3 Å². The second-order valence-electron chi connectivity index (χ2n) is 6.63. The average Bonchev–Trinajstić information content (AvgIpc) is 3.45. The van der Waals surface area contributed by atoms with Gasteiger partial charge < -0.3 is 9.88 Å². The molecule has 0 unspecified atom stereocenters. The van der Waals surface area contributed by atoms with Crippen LogP contribution in [-0.4, -0.2) is 25.5 Å². The molecule has 0 bridgehead atoms. The van der Waals surface area contributed by atoms with E-state index >= 15 is 0 Å². The summed E-state index contributed by atoms with van der Waals surface area (Å²) >= 11 is 0. The van der Waals surface area contributed by atoms with Gasteiger partial charge in [0.2, 0.25) is 5.78 Å². The highest BCUT2D eigenvalue weighted by Crippen LogP contribution is 2.26. The molecule has 29 heavy (non-hydrogen) atoms. The summed E-state index contributed by atoms with van der Waals surface area (Å²) in [6.07, 6.45) is 5.39. The van der Waals surface area contributed by atoms with Gasteiger partial charge in [-0.05, 0) is 42.5 Å². The Morgan fingerprint density at radius 2 is 1.72 bits per heavy atom. The zero-order chi connectivity index (χ0) is 19.6. The fourth-order valence-corrected chi connectivity index (χ4v) is 3.34. The minimum atomic E-state index is -0.124. The minimum absolute atomic E-state index is 0.124. The number of nitrogens with zero attached hydrogens (tertiary/aromatic N) is 3. The number of nitrogens with one attached hydrogen (secondary N) is 2. The number of benzene rings is 3. The summed E-state index contributed by atoms with van der Waals surface area (Å²) in [5.74, 6) is -0.124. The summed E-state index contributed by atoms with van der Waals surface area (Å²) in [6.45, 7) is 0. The molecule has 0 fully saturated rings. The van der Waals surface area contributed by atoms with Gasteiger partial charge in [-0.1, -0.05) is 30.3 Å². The SMILES string of the molecule is O=C(c1ccccc1Nc1ccc(-n2ccnc2)cc1)c1n[nH]c2ccccc12. The van der Waals surface area contributed by atoms with Gasteiger partial charge in [0.15, 0.2) is 0 Å². The van der Waals surface area contributed by atoms with E-state index in [4.69, 9.17) is 0 Å². The lowest BCUT2D eigenvalue weighted by atomic mass is 10.0. The van der Waals surface area contributed by atoms with Crippen molar-refractivity contribution in [2.45, 2.75) is 0 Å². The van der Waals surface area contributed by atoms with Gasteiger partial charge in [0.05, 0.1) is 11.8 Å². The number of hydrogen-bond donors (Lipinski definition) is 2. The first kappa shape index (κ1) is 16.9. The lowest BCUT2D eigenvalue weighted by molar-refractivity contribution is 0.103. The van der Waals surface area contributed by atoms with Crippen LogP contribution < -0.4 is 5.32 Å². The van der Waals surface area contributed by atoms with Crippen LogP contribution in [0.3, 0.4) is 0 Å². The highest BCUT2D eigenvalue weighted by atomic mass is 16.1. The highest BCUT2D eigenvalue weighted by Gasteiger charge is 2.18. The number of H-pyrrole nitrogens is 1. The largest absolute Gasteiger partial charge is 0.355 e. The summed E-state index contributed by atoms with van der Waals surface area (Å²) in [5.41, 5.74) is 4.48. The number of imidazole rings is 1. The van der Waals surface area contributed by atoms with Gasteiger partial charge in [0, 0.05) is 40.4 Å². The number of aromatic amines is 1. The number of anilines is 2. The van der Waals surface area contributed by atoms with E-state index < -0.39 is 0 Å². The molecule has 2 N–H and O–H groups in total. The topological polar surface area (TPSA) is 75.6 Å². The predicted octanol–water partition coefficient (Wildman–Crippen LogP) is 4.72. The molecular formula is C23H17N5O. The summed E-state index contributed by atoms with van der Waals surface area (Å²) in [6, 6.07) is 23.0. The smallest absolute Gasteiger partial charge is 0.215 e. The number of ketones is 1. The standard InChI is InChI=1S/C23H17N5O/c29-23(22-18-5-1-4-8-21(18)26-27-22)19-6-2-3-7-20(19)25-16-9-11-17(12-10-16)28-14-13-24-15-28/h1-15,25H,(H,26,27). The molecule has 0 radical (unpaired) electrons. The van der Waals surface area contributed by atoms with Gasteiger partial charge >= 0.3 is 0 Å². The van der Waals surface area contributed by atoms with E-state index in [-0.39, 0.29) is 5.78 Å². The number of rotatable bonds is 5. The third kappa shape index (κ3) is 3.17. The summed E-state index contributed by atoms with van der Waals surface area (Å²) in [4.78, 5) is 17.3. The van der Waals surface area contributed by atoms with Crippen LogP contribution in [0.1, 0.15) is 16.1 Å². The number of carbonyl (C=O) groups excluding carboxylic acids is 1. The van der Waals surface area contributed by atoms with E-state index in [9.17, 15) is 4.79 Å². The fourth-order valence-electron chi connectivity index (χ4n) is 3.34. The van der Waals surface area contributed by atoms with Crippen molar-refractivity contribution in [2.24, 2.45) is 0 Å². The molecule has 0 atom stereocenters. The maximum Gasteiger partial charge on any atom is 0.215 e. The van der Waals surface area contributed by atoms with Gasteiger partial charge in [-0.25, -0.2) is 4.98 Å². The molecule has 3 aromatic carbocycles. The Labute approximate surface area is 166 Å². The lowest BCUT2D eigenvalue weighted by Crippen LogP contribution is -2.06. The van der Waals surface area contributed by atoms with Crippen molar-refractivity contribution in [3.05, 3.63) is 103 Å². The van der Waals surface area contributed by atoms with Crippen LogP contribution >= 0.6 is 0 Å². The van der Waals surface area contributed by atoms with Crippen LogP contribution in [0.15, 0.2) is 91.5 Å². The second-order valence-corrected chi connectivity index (χ2v) is 6.63. The number of para-hydroxylation sites is 2. The zero-order valence-electron chi connectivity index (χ0n) is 15.4. The van der Waals surface area contributed by atoms with E-state index in [2.05, 4.69) is 20.5 Å². The Morgan fingerprint density at radius 1 is 0.931 bits per heavy atom. The molecule has 0 aliphatic carbocycles. The second kappa shape index (κ2) is 7.09. The Morgan fingerprint density at radius 3 is 2.55 bits per heavy atom. The summed E-state index contributed by atoms with van der Waals surface area (Å²) < 4.78 is 1.93. The molecule has 6 heteroatoms. The van der Waals surface area contributed by atoms with E-state index in [1.54, 1.807) is 12.5 Å². The highest BCUT2D eigenvalue weighted by molar-refractivity contribution is 6.17. The Hall–Kier alpha value is -4.19. The normalized spacial score (nSPS) is 10.9. The Kier molecular flexibility index (Phi) is 4.14. The zero-order valence-corrected chi connectivity index (χ0v) is 15.4. The molecule has 0 saturated carbocycles. The number of aromatic nitrogens is 4. The Bertz CT molecular complexity index is 1290. The molecule has 0 aliphatic heterocycles. The number of fused-ring (bicyclic) bond motifs is 1. The molecule has 0 spiro atoms. The van der Waals surface area contributed by atoms with Crippen LogP contribution in [-0.2, 0) is 0 Å². The molecule has 6 nitrogen and oxygen atoms in total. The van der Waals surface area contributed by atoms with Crippen molar-refractivity contribution in [1.29, 1.82) is 0 Å². The maximum absolute atomic E-state index is 13.2. The molecular weight excluding hydrogens is 362 g/mol. The first-order valence-electron chi connectivity index (χ1n) is 9.22. The van der Waals surface area contributed by atoms with Crippen LogP contribution in [0.4, 0.5) is 11.4 Å². The maximum atomic E-state index is 13.2. The van der Waals surface area contributed by atoms with E-state index in [1.165, 1.54) is 0 Å². The molecule has 5 rings (SSSR count). The molecule has 2 aromatic heterocycles. The third-order valence-electron chi connectivity index (χ3n) is 4.81. The summed E-state index contributed by atoms with van der Waals surface area (Å²) in [5, 5.41) is 11.3. The lowest BCUT2D eigenvalue weighted by Gasteiger charge is -2.11. The first-order chi connectivity index (χ1) is 14.3. The van der Waals surface area contributed by atoms with Crippen LogP contribution in [0.2, 0.25) is 0 Å². The Balaban J connectivity index is 1.46. The summed E-state index contributed by atoms with van der Waals surface area (Å²) in [7, 11) is 0. The minimum Gasteiger partial charge on any atom is -0.355 e. The van der Waals surface area contributed by atoms with Gasteiger partial charge in [0.1, 0.15) is 5.69 Å². The van der Waals surface area contributed by atoms with Crippen molar-refractivity contribution < 1.29 is 4.79 Å². The molecule has 5 aromatic rings. The van der Waals surface area contributed by atoms with Crippen LogP contribution in [0.25, 0.3) is 16.6 Å². The molecule has 0 aliphatic rings. The fraction of sp³-hybridized carbons (Fsp3) is 0. The van der Waals surface area contributed by atoms with Crippen molar-refractivity contribution >= 4 is 28.1 Å². The van der Waals surface area contributed by atoms with Crippen molar-refractivity contribution in [3.8, 4) is 5.69 Å². The van der Waals surface area contributed by atoms with Crippen LogP contribution in [0.5, 0.6) is 0 Å². The van der Waals surface area contributed by atoms with Gasteiger partial charge in [-0.2, -0.15) is 5.10 Å². The molecule has 0 saturated heterocycles. The van der Waals surface area contributed by atoms with E-state index in [1.807, 2.05) is 83.6 Å².